The summed E-state index contributed by atoms with van der Waals surface area (Å²) in [5.41, 5.74) is 0.580. The number of hydrogen-bond acceptors (Lipinski definition) is 1. The largest absolute Gasteiger partial charge is 0.507 e. The molecular weight excluding hydrogens is 164 g/mol. The maximum absolute atomic E-state index is 11.6. The zero-order valence-electron chi connectivity index (χ0n) is 7.24. The molecule has 2 aromatic rings. The molecule has 0 aliphatic rings. The standard InChI is InChI=1S/C11H9O2/c1-7-6-10(12)8-4-2-3-5-9(8)11(7)13/h2-6,12H,1H3. The van der Waals surface area contributed by atoms with Gasteiger partial charge in [0.1, 0.15) is 5.75 Å². The first kappa shape index (κ1) is 7.92. The highest BCUT2D eigenvalue weighted by Gasteiger charge is 2.08. The lowest BCUT2D eigenvalue weighted by Crippen LogP contribution is -1.78. The minimum absolute atomic E-state index is 0.00611. The first-order chi connectivity index (χ1) is 6.20. The van der Waals surface area contributed by atoms with Crippen LogP contribution in [0.3, 0.4) is 0 Å². The van der Waals surface area contributed by atoms with Crippen molar-refractivity contribution in [3.8, 4) is 11.5 Å². The summed E-state index contributed by atoms with van der Waals surface area (Å²) >= 11 is 0. The minimum atomic E-state index is -0.00611. The van der Waals surface area contributed by atoms with Crippen LogP contribution in [0.2, 0.25) is 0 Å². The van der Waals surface area contributed by atoms with Crippen LogP contribution in [0.1, 0.15) is 5.56 Å². The number of aryl methyl sites for hydroxylation is 1. The first-order valence-electron chi connectivity index (χ1n) is 4.08. The molecule has 0 unspecified atom stereocenters. The Labute approximate surface area is 76.1 Å². The van der Waals surface area contributed by atoms with Gasteiger partial charge in [-0.15, -0.1) is 0 Å². The van der Waals surface area contributed by atoms with Gasteiger partial charge in [0.05, 0.1) is 0 Å². The van der Waals surface area contributed by atoms with Crippen LogP contribution >= 0.6 is 0 Å². The molecule has 2 heteroatoms. The van der Waals surface area contributed by atoms with E-state index in [1.165, 1.54) is 6.07 Å². The van der Waals surface area contributed by atoms with Gasteiger partial charge in [-0.05, 0) is 13.0 Å². The normalized spacial score (nSPS) is 10.5. The zero-order valence-corrected chi connectivity index (χ0v) is 7.24. The maximum Gasteiger partial charge on any atom is 0.189 e. The van der Waals surface area contributed by atoms with Gasteiger partial charge in [0.25, 0.3) is 0 Å². The number of phenolic OH excluding ortho intramolecular Hbond substituents is 1. The van der Waals surface area contributed by atoms with E-state index in [2.05, 4.69) is 0 Å². The fourth-order valence-electron chi connectivity index (χ4n) is 1.47. The van der Waals surface area contributed by atoms with Crippen molar-refractivity contribution in [3.05, 3.63) is 35.9 Å². The van der Waals surface area contributed by atoms with Crippen molar-refractivity contribution in [1.29, 1.82) is 0 Å². The molecule has 13 heavy (non-hydrogen) atoms. The quantitative estimate of drug-likeness (QED) is 0.653. The molecule has 0 bridgehead atoms. The van der Waals surface area contributed by atoms with Gasteiger partial charge in [0, 0.05) is 16.3 Å². The second-order valence-electron chi connectivity index (χ2n) is 3.09. The lowest BCUT2D eigenvalue weighted by Gasteiger charge is -2.03. The van der Waals surface area contributed by atoms with Crippen molar-refractivity contribution in [3.63, 3.8) is 0 Å². The molecule has 0 aliphatic carbocycles. The summed E-state index contributed by atoms with van der Waals surface area (Å²) in [5.74, 6) is 0.168. The third-order valence-electron chi connectivity index (χ3n) is 2.16. The summed E-state index contributed by atoms with van der Waals surface area (Å²) in [5, 5.41) is 22.3. The minimum Gasteiger partial charge on any atom is -0.507 e. The van der Waals surface area contributed by atoms with E-state index in [4.69, 9.17) is 0 Å². The average Bonchev–Trinajstić information content (AvgIpc) is 2.15. The average molecular weight is 173 g/mol. The van der Waals surface area contributed by atoms with Gasteiger partial charge in [-0.1, -0.05) is 24.3 Å². The fourth-order valence-corrected chi connectivity index (χ4v) is 1.47. The molecule has 1 N–H and O–H groups in total. The SMILES string of the molecule is Cc1cc(O)c2ccccc2c1[O]. The van der Waals surface area contributed by atoms with Gasteiger partial charge in [-0.2, -0.15) is 0 Å². The van der Waals surface area contributed by atoms with Crippen LogP contribution in [0.25, 0.3) is 10.8 Å². The van der Waals surface area contributed by atoms with E-state index in [1.807, 2.05) is 0 Å². The first-order valence-corrected chi connectivity index (χ1v) is 4.08. The second kappa shape index (κ2) is 2.66. The van der Waals surface area contributed by atoms with Crippen LogP contribution in [0.15, 0.2) is 30.3 Å². The molecule has 1 radical (unpaired) electrons. The number of hydrogen-bond donors (Lipinski definition) is 1. The van der Waals surface area contributed by atoms with E-state index in [0.717, 1.165) is 0 Å². The highest BCUT2D eigenvalue weighted by atomic mass is 16.3. The van der Waals surface area contributed by atoms with Crippen molar-refractivity contribution >= 4 is 10.8 Å². The summed E-state index contributed by atoms with van der Waals surface area (Å²) in [6, 6.07) is 8.57. The monoisotopic (exact) mass is 173 g/mol. The highest BCUT2D eigenvalue weighted by molar-refractivity contribution is 5.93. The molecule has 2 nitrogen and oxygen atoms in total. The van der Waals surface area contributed by atoms with Crippen LogP contribution < -0.4 is 0 Å². The van der Waals surface area contributed by atoms with Crippen molar-refractivity contribution in [2.75, 3.05) is 0 Å². The van der Waals surface area contributed by atoms with E-state index in [-0.39, 0.29) is 11.5 Å². The maximum atomic E-state index is 11.6. The molecule has 0 heterocycles. The molecule has 0 saturated carbocycles. The third kappa shape index (κ3) is 1.11. The topological polar surface area (TPSA) is 40.1 Å². The molecule has 0 aromatic heterocycles. The number of benzene rings is 2. The Morgan fingerprint density at radius 3 is 2.46 bits per heavy atom. The third-order valence-corrected chi connectivity index (χ3v) is 2.16. The predicted molar refractivity (Wildman–Crippen MR) is 50.5 cm³/mol. The summed E-state index contributed by atoms with van der Waals surface area (Å²) in [6.07, 6.45) is 0. The molecule has 2 rings (SSSR count). The van der Waals surface area contributed by atoms with Crippen LogP contribution in [0.4, 0.5) is 0 Å². The molecular formula is C11H9O2. The molecule has 0 amide bonds. The molecule has 0 atom stereocenters. The van der Waals surface area contributed by atoms with Crippen molar-refractivity contribution < 1.29 is 10.2 Å². The summed E-state index contributed by atoms with van der Waals surface area (Å²) < 4.78 is 0. The van der Waals surface area contributed by atoms with Crippen LogP contribution in [-0.4, -0.2) is 5.11 Å². The van der Waals surface area contributed by atoms with E-state index >= 15 is 0 Å². The Morgan fingerprint density at radius 2 is 1.77 bits per heavy atom. The van der Waals surface area contributed by atoms with Gasteiger partial charge in [0.2, 0.25) is 0 Å². The lowest BCUT2D eigenvalue weighted by molar-refractivity contribution is 0.356. The lowest BCUT2D eigenvalue weighted by atomic mass is 10.1. The summed E-state index contributed by atoms with van der Waals surface area (Å²) in [6.45, 7) is 1.70. The zero-order chi connectivity index (χ0) is 9.42. The Bertz CT molecular complexity index is 461. The van der Waals surface area contributed by atoms with E-state index < -0.39 is 0 Å². The number of fused-ring (bicyclic) bond motifs is 1. The van der Waals surface area contributed by atoms with E-state index in [0.29, 0.717) is 16.3 Å². The Balaban J connectivity index is 2.97. The van der Waals surface area contributed by atoms with Gasteiger partial charge < -0.3 is 5.11 Å². The Morgan fingerprint density at radius 1 is 1.15 bits per heavy atom. The van der Waals surface area contributed by atoms with Crippen LogP contribution in [0, 0.1) is 6.92 Å². The smallest absolute Gasteiger partial charge is 0.189 e. The van der Waals surface area contributed by atoms with E-state index in [1.54, 1.807) is 31.2 Å². The number of aromatic hydroxyl groups is 1. The summed E-state index contributed by atoms with van der Waals surface area (Å²) in [7, 11) is 0. The predicted octanol–water partition coefficient (Wildman–Crippen LogP) is 3.00. The van der Waals surface area contributed by atoms with Crippen LogP contribution in [0.5, 0.6) is 11.5 Å². The van der Waals surface area contributed by atoms with Crippen molar-refractivity contribution in [2.45, 2.75) is 6.92 Å². The number of rotatable bonds is 0. The Hall–Kier alpha value is -1.70. The molecule has 0 spiro atoms. The van der Waals surface area contributed by atoms with Gasteiger partial charge in [0.15, 0.2) is 5.75 Å². The van der Waals surface area contributed by atoms with Gasteiger partial charge in [-0.3, -0.25) is 5.11 Å². The second-order valence-corrected chi connectivity index (χ2v) is 3.09. The van der Waals surface area contributed by atoms with Gasteiger partial charge >= 0.3 is 0 Å². The van der Waals surface area contributed by atoms with Crippen molar-refractivity contribution in [1.82, 2.24) is 0 Å². The van der Waals surface area contributed by atoms with E-state index in [9.17, 15) is 10.2 Å². The highest BCUT2D eigenvalue weighted by Crippen LogP contribution is 2.34. The Kier molecular flexibility index (Phi) is 1.62. The molecule has 65 valence electrons. The molecule has 0 aliphatic heterocycles. The molecule has 0 fully saturated rings. The molecule has 0 saturated heterocycles. The van der Waals surface area contributed by atoms with Crippen molar-refractivity contribution in [2.24, 2.45) is 0 Å². The van der Waals surface area contributed by atoms with Gasteiger partial charge in [-0.25, -0.2) is 0 Å². The fraction of sp³-hybridized carbons (Fsp3) is 0.0909. The molecule has 2 aromatic carbocycles. The number of phenols is 1. The van der Waals surface area contributed by atoms with Crippen LogP contribution in [-0.2, 0) is 5.11 Å². The summed E-state index contributed by atoms with van der Waals surface area (Å²) in [4.78, 5) is 0.